The second-order valence-electron chi connectivity index (χ2n) is 6.72. The first kappa shape index (κ1) is 18.1. The lowest BCUT2D eigenvalue weighted by molar-refractivity contribution is 0.0667. The first-order chi connectivity index (χ1) is 12.6. The molecule has 134 valence electrons. The molecular weight excluding hydrogens is 324 g/mol. The Labute approximate surface area is 154 Å². The number of carbonyl (C=O) groups excluding carboxylic acids is 2. The molecule has 2 amide bonds. The lowest BCUT2D eigenvalue weighted by atomic mass is 10.1. The van der Waals surface area contributed by atoms with E-state index in [1.54, 1.807) is 24.3 Å². The maximum Gasteiger partial charge on any atom is 0.261 e. The molecule has 0 atom stereocenters. The number of nitrogens with one attached hydrogen (secondary N) is 1. The van der Waals surface area contributed by atoms with Gasteiger partial charge in [-0.25, -0.2) is 0 Å². The second-order valence-corrected chi connectivity index (χ2v) is 6.72. The molecule has 1 N–H and O–H groups in total. The van der Waals surface area contributed by atoms with Crippen LogP contribution < -0.4 is 5.32 Å². The third-order valence-electron chi connectivity index (χ3n) is 4.85. The predicted molar refractivity (Wildman–Crippen MR) is 103 cm³/mol. The van der Waals surface area contributed by atoms with Gasteiger partial charge in [0.1, 0.15) is 0 Å². The molecule has 26 heavy (non-hydrogen) atoms. The Bertz CT molecular complexity index is 805. The molecule has 1 aliphatic heterocycles. The Morgan fingerprint density at radius 1 is 0.846 bits per heavy atom. The minimum atomic E-state index is -0.194. The lowest BCUT2D eigenvalue weighted by Gasteiger charge is -2.16. The highest BCUT2D eigenvalue weighted by Crippen LogP contribution is 2.24. The Hall–Kier alpha value is -2.72. The second kappa shape index (κ2) is 8.11. The van der Waals surface area contributed by atoms with Gasteiger partial charge in [-0.3, -0.25) is 14.5 Å². The summed E-state index contributed by atoms with van der Waals surface area (Å²) in [4.78, 5) is 26.3. The molecule has 3 rings (SSSR count). The lowest BCUT2D eigenvalue weighted by Crippen LogP contribution is -2.31. The first-order valence-corrected chi connectivity index (χ1v) is 8.93. The van der Waals surface area contributed by atoms with Crippen LogP contribution in [0.25, 0.3) is 0 Å². The van der Waals surface area contributed by atoms with E-state index in [9.17, 15) is 9.59 Å². The van der Waals surface area contributed by atoms with Gasteiger partial charge in [0.25, 0.3) is 11.8 Å². The van der Waals surface area contributed by atoms with Crippen molar-refractivity contribution in [2.45, 2.75) is 26.8 Å². The molecule has 0 aromatic heterocycles. The molecule has 4 heteroatoms. The fraction of sp³-hybridized carbons (Fsp3) is 0.273. The summed E-state index contributed by atoms with van der Waals surface area (Å²) in [6.07, 6.45) is 0.891. The number of amides is 2. The van der Waals surface area contributed by atoms with Gasteiger partial charge in [0.2, 0.25) is 0 Å². The Morgan fingerprint density at radius 3 is 2.04 bits per heavy atom. The number of nitrogens with zero attached hydrogens (tertiary/aromatic N) is 1. The number of imide groups is 1. The fourth-order valence-electron chi connectivity index (χ4n) is 3.07. The molecule has 2 aromatic carbocycles. The molecule has 0 aliphatic carbocycles. The van der Waals surface area contributed by atoms with Crippen LogP contribution in [0.15, 0.2) is 65.7 Å². The third kappa shape index (κ3) is 3.92. The smallest absolute Gasteiger partial charge is 0.261 e. The monoisotopic (exact) mass is 348 g/mol. The topological polar surface area (TPSA) is 49.4 Å². The highest BCUT2D eigenvalue weighted by atomic mass is 16.2. The van der Waals surface area contributed by atoms with Crippen molar-refractivity contribution >= 4 is 11.8 Å². The zero-order valence-corrected chi connectivity index (χ0v) is 15.3. The van der Waals surface area contributed by atoms with Crippen molar-refractivity contribution in [2.24, 2.45) is 0 Å². The van der Waals surface area contributed by atoms with Crippen molar-refractivity contribution in [1.82, 2.24) is 10.2 Å². The van der Waals surface area contributed by atoms with Crippen LogP contribution >= 0.6 is 0 Å². The summed E-state index contributed by atoms with van der Waals surface area (Å²) in [5, 5.41) is 3.43. The summed E-state index contributed by atoms with van der Waals surface area (Å²) < 4.78 is 0. The average molecular weight is 348 g/mol. The van der Waals surface area contributed by atoms with E-state index in [2.05, 4.69) is 24.4 Å². The van der Waals surface area contributed by atoms with Crippen molar-refractivity contribution in [3.63, 3.8) is 0 Å². The first-order valence-electron chi connectivity index (χ1n) is 8.93. The van der Waals surface area contributed by atoms with Crippen LogP contribution in [0.2, 0.25) is 0 Å². The van der Waals surface area contributed by atoms with Gasteiger partial charge in [-0.15, -0.1) is 0 Å². The Balaban J connectivity index is 1.54. The Kier molecular flexibility index (Phi) is 5.64. The van der Waals surface area contributed by atoms with Crippen molar-refractivity contribution in [1.29, 1.82) is 0 Å². The summed E-state index contributed by atoms with van der Waals surface area (Å²) in [5.41, 5.74) is 4.56. The van der Waals surface area contributed by atoms with E-state index in [1.165, 1.54) is 16.0 Å². The summed E-state index contributed by atoms with van der Waals surface area (Å²) >= 11 is 0. The quantitative estimate of drug-likeness (QED) is 0.470. The van der Waals surface area contributed by atoms with Crippen molar-refractivity contribution in [2.75, 3.05) is 13.1 Å². The molecular formula is C22H24N2O2. The number of hydrogen-bond acceptors (Lipinski definition) is 3. The largest absolute Gasteiger partial charge is 0.312 e. The number of carbonyl (C=O) groups is 2. The molecule has 0 saturated carbocycles. The number of hydrogen-bond donors (Lipinski definition) is 1. The number of benzene rings is 2. The maximum atomic E-state index is 12.5. The molecule has 0 saturated heterocycles. The van der Waals surface area contributed by atoms with Gasteiger partial charge >= 0.3 is 0 Å². The fourth-order valence-corrected chi connectivity index (χ4v) is 3.07. The van der Waals surface area contributed by atoms with Crippen LogP contribution in [0, 0.1) is 0 Å². The molecule has 2 aromatic rings. The van der Waals surface area contributed by atoms with Gasteiger partial charge in [0.15, 0.2) is 0 Å². The molecule has 4 nitrogen and oxygen atoms in total. The van der Waals surface area contributed by atoms with Crippen molar-refractivity contribution in [3.05, 3.63) is 82.4 Å². The van der Waals surface area contributed by atoms with E-state index < -0.39 is 0 Å². The standard InChI is InChI=1S/C22H24N2O2/c1-16(12-13-23-14-18-8-4-3-5-9-18)17(2)15-24-21(25)19-10-6-7-11-20(19)22(24)26/h3-11,23H,12-15H2,1-2H3/b17-16-. The predicted octanol–water partition coefficient (Wildman–Crippen LogP) is 3.80. The van der Waals surface area contributed by atoms with Crippen LogP contribution in [0.1, 0.15) is 46.5 Å². The normalized spacial score (nSPS) is 14.5. The van der Waals surface area contributed by atoms with Gasteiger partial charge < -0.3 is 5.32 Å². The minimum absolute atomic E-state index is 0.194. The molecule has 0 spiro atoms. The zero-order valence-electron chi connectivity index (χ0n) is 15.3. The number of rotatable bonds is 7. The SMILES string of the molecule is C/C(CCNCc1ccccc1)=C(\C)CN1C(=O)c2ccccc2C1=O. The van der Waals surface area contributed by atoms with E-state index in [1.807, 2.05) is 25.1 Å². The van der Waals surface area contributed by atoms with E-state index in [-0.39, 0.29) is 11.8 Å². The Morgan fingerprint density at radius 2 is 1.42 bits per heavy atom. The van der Waals surface area contributed by atoms with Crippen molar-refractivity contribution in [3.8, 4) is 0 Å². The average Bonchev–Trinajstić information content (AvgIpc) is 2.91. The summed E-state index contributed by atoms with van der Waals surface area (Å²) in [5.74, 6) is -0.389. The van der Waals surface area contributed by atoms with Gasteiger partial charge in [0.05, 0.1) is 17.7 Å². The van der Waals surface area contributed by atoms with E-state index >= 15 is 0 Å². The molecule has 0 fully saturated rings. The zero-order chi connectivity index (χ0) is 18.5. The van der Waals surface area contributed by atoms with Gasteiger partial charge in [-0.1, -0.05) is 53.6 Å². The third-order valence-corrected chi connectivity index (χ3v) is 4.85. The molecule has 1 aliphatic rings. The van der Waals surface area contributed by atoms with Crippen LogP contribution in [-0.2, 0) is 6.54 Å². The summed E-state index contributed by atoms with van der Waals surface area (Å²) in [6, 6.07) is 17.3. The van der Waals surface area contributed by atoms with Gasteiger partial charge in [-0.2, -0.15) is 0 Å². The van der Waals surface area contributed by atoms with Crippen LogP contribution in [0.5, 0.6) is 0 Å². The van der Waals surface area contributed by atoms with Crippen LogP contribution in [0.3, 0.4) is 0 Å². The summed E-state index contributed by atoms with van der Waals surface area (Å²) in [6.45, 7) is 6.12. The van der Waals surface area contributed by atoms with Crippen molar-refractivity contribution < 1.29 is 9.59 Å². The molecule has 1 heterocycles. The van der Waals surface area contributed by atoms with E-state index in [4.69, 9.17) is 0 Å². The van der Waals surface area contributed by atoms with Crippen LogP contribution in [0.4, 0.5) is 0 Å². The summed E-state index contributed by atoms with van der Waals surface area (Å²) in [7, 11) is 0. The highest BCUT2D eigenvalue weighted by molar-refractivity contribution is 6.21. The van der Waals surface area contributed by atoms with Gasteiger partial charge in [0, 0.05) is 6.54 Å². The van der Waals surface area contributed by atoms with Crippen LogP contribution in [-0.4, -0.2) is 29.8 Å². The minimum Gasteiger partial charge on any atom is -0.312 e. The number of fused-ring (bicyclic) bond motifs is 1. The molecule has 0 unspecified atom stereocenters. The maximum absolute atomic E-state index is 12.5. The van der Waals surface area contributed by atoms with E-state index in [0.29, 0.717) is 17.7 Å². The molecule has 0 radical (unpaired) electrons. The highest BCUT2D eigenvalue weighted by Gasteiger charge is 2.34. The van der Waals surface area contributed by atoms with Gasteiger partial charge in [-0.05, 0) is 44.5 Å². The van der Waals surface area contributed by atoms with E-state index in [0.717, 1.165) is 25.1 Å². The molecule has 0 bridgehead atoms.